The molecule has 2 heterocycles. The van der Waals surface area contributed by atoms with E-state index >= 15 is 0 Å². The molecule has 0 radical (unpaired) electrons. The van der Waals surface area contributed by atoms with Gasteiger partial charge in [-0.15, -0.1) is 11.3 Å². The molecule has 0 saturated carbocycles. The van der Waals surface area contributed by atoms with Gasteiger partial charge in [0, 0.05) is 17.3 Å². The molecule has 10 heteroatoms. The van der Waals surface area contributed by atoms with E-state index in [0.717, 1.165) is 12.5 Å². The summed E-state index contributed by atoms with van der Waals surface area (Å²) in [5.41, 5.74) is -1.41. The molecule has 2 amide bonds. The van der Waals surface area contributed by atoms with Crippen molar-refractivity contribution in [3.8, 4) is 0 Å². The number of carbonyl (C=O) groups excluding carboxylic acids is 2. The summed E-state index contributed by atoms with van der Waals surface area (Å²) in [4.78, 5) is 27.7. The number of benzene rings is 1. The summed E-state index contributed by atoms with van der Waals surface area (Å²) in [6.45, 7) is 1.56. The SMILES string of the molecule is O=C(CN1CCC(C(=O)NCCc2cccs2)CC1)Nc1c(Cl)cccc1C(F)(F)F. The zero-order valence-corrected chi connectivity index (χ0v) is 18.2. The number of nitrogens with zero attached hydrogens (tertiary/aromatic N) is 1. The predicted octanol–water partition coefficient (Wildman–Crippen LogP) is 4.43. The summed E-state index contributed by atoms with van der Waals surface area (Å²) in [5, 5.41) is 7.08. The standard InChI is InChI=1S/C21H23ClF3N3O2S/c22-17-5-1-4-16(21(23,24)25)19(17)27-18(29)13-28-10-7-14(8-11-28)20(30)26-9-6-15-3-2-12-31-15/h1-5,12,14H,6-11,13H2,(H,26,30)(H,27,29). The van der Waals surface area contributed by atoms with E-state index in [1.54, 1.807) is 11.3 Å². The molecular formula is C21H23ClF3N3O2S. The molecule has 0 spiro atoms. The molecule has 31 heavy (non-hydrogen) atoms. The van der Waals surface area contributed by atoms with Crippen molar-refractivity contribution >= 4 is 40.4 Å². The van der Waals surface area contributed by atoms with Gasteiger partial charge in [-0.25, -0.2) is 0 Å². The number of thiophene rings is 1. The number of alkyl halides is 3. The molecule has 1 saturated heterocycles. The normalized spacial score (nSPS) is 15.6. The maximum absolute atomic E-state index is 13.2. The van der Waals surface area contributed by atoms with Gasteiger partial charge in [0.05, 0.1) is 22.8 Å². The van der Waals surface area contributed by atoms with Gasteiger partial charge in [0.1, 0.15) is 0 Å². The Morgan fingerprint density at radius 2 is 1.90 bits per heavy atom. The van der Waals surface area contributed by atoms with E-state index in [2.05, 4.69) is 10.6 Å². The van der Waals surface area contributed by atoms with Crippen molar-refractivity contribution in [1.29, 1.82) is 0 Å². The van der Waals surface area contributed by atoms with Crippen LogP contribution in [0.15, 0.2) is 35.7 Å². The summed E-state index contributed by atoms with van der Waals surface area (Å²) in [6.07, 6.45) is -2.64. The van der Waals surface area contributed by atoms with Gasteiger partial charge in [-0.05, 0) is 55.9 Å². The van der Waals surface area contributed by atoms with Crippen LogP contribution in [0.3, 0.4) is 0 Å². The average Bonchev–Trinajstić information content (AvgIpc) is 3.22. The number of hydrogen-bond acceptors (Lipinski definition) is 4. The Kier molecular flexibility index (Phi) is 7.96. The van der Waals surface area contributed by atoms with E-state index in [1.807, 2.05) is 22.4 Å². The Bertz CT molecular complexity index is 898. The van der Waals surface area contributed by atoms with Crippen molar-refractivity contribution in [2.75, 3.05) is 31.5 Å². The molecule has 1 aliphatic heterocycles. The molecule has 2 aromatic rings. The molecule has 3 rings (SSSR count). The van der Waals surface area contributed by atoms with E-state index < -0.39 is 23.3 Å². The maximum atomic E-state index is 13.2. The number of hydrogen-bond donors (Lipinski definition) is 2. The zero-order chi connectivity index (χ0) is 22.4. The molecule has 168 valence electrons. The average molecular weight is 474 g/mol. The quantitative estimate of drug-likeness (QED) is 0.625. The van der Waals surface area contributed by atoms with Gasteiger partial charge in [-0.3, -0.25) is 14.5 Å². The number of piperidine rings is 1. The van der Waals surface area contributed by atoms with Gasteiger partial charge in [-0.1, -0.05) is 23.7 Å². The summed E-state index contributed by atoms with van der Waals surface area (Å²) in [6, 6.07) is 7.38. The first kappa shape index (κ1) is 23.6. The predicted molar refractivity (Wildman–Crippen MR) is 115 cm³/mol. The second-order valence-electron chi connectivity index (χ2n) is 7.38. The molecule has 1 aromatic heterocycles. The second-order valence-corrected chi connectivity index (χ2v) is 8.82. The van der Waals surface area contributed by atoms with Crippen LogP contribution in [0.2, 0.25) is 5.02 Å². The number of amides is 2. The van der Waals surface area contributed by atoms with Gasteiger partial charge in [-0.2, -0.15) is 13.2 Å². The van der Waals surface area contributed by atoms with Crippen molar-refractivity contribution in [3.63, 3.8) is 0 Å². The lowest BCUT2D eigenvalue weighted by Gasteiger charge is -2.30. The minimum Gasteiger partial charge on any atom is -0.355 e. The molecular weight excluding hydrogens is 451 g/mol. The fourth-order valence-electron chi connectivity index (χ4n) is 3.53. The minimum atomic E-state index is -4.62. The molecule has 0 unspecified atom stereocenters. The highest BCUT2D eigenvalue weighted by molar-refractivity contribution is 7.09. The van der Waals surface area contributed by atoms with Crippen LogP contribution in [0.25, 0.3) is 0 Å². The Hall–Kier alpha value is -2.10. The van der Waals surface area contributed by atoms with Crippen LogP contribution in [0.4, 0.5) is 18.9 Å². The summed E-state index contributed by atoms with van der Waals surface area (Å²) in [7, 11) is 0. The topological polar surface area (TPSA) is 61.4 Å². The summed E-state index contributed by atoms with van der Waals surface area (Å²) in [5.74, 6) is -0.688. The molecule has 1 fully saturated rings. The number of likely N-dealkylation sites (tertiary alicyclic amines) is 1. The van der Waals surface area contributed by atoms with E-state index in [-0.39, 0.29) is 23.4 Å². The minimum absolute atomic E-state index is 0.00606. The van der Waals surface area contributed by atoms with Crippen LogP contribution in [-0.2, 0) is 22.2 Å². The number of nitrogens with one attached hydrogen (secondary N) is 2. The number of anilines is 1. The number of para-hydroxylation sites is 1. The molecule has 2 N–H and O–H groups in total. The largest absolute Gasteiger partial charge is 0.418 e. The highest BCUT2D eigenvalue weighted by Gasteiger charge is 2.35. The fraction of sp³-hybridized carbons (Fsp3) is 0.429. The van der Waals surface area contributed by atoms with E-state index in [0.29, 0.717) is 32.5 Å². The van der Waals surface area contributed by atoms with Crippen molar-refractivity contribution in [3.05, 3.63) is 51.2 Å². The van der Waals surface area contributed by atoms with Crippen LogP contribution < -0.4 is 10.6 Å². The highest BCUT2D eigenvalue weighted by Crippen LogP contribution is 2.38. The molecule has 0 bridgehead atoms. The molecule has 0 atom stereocenters. The van der Waals surface area contributed by atoms with Crippen LogP contribution in [0.5, 0.6) is 0 Å². The third-order valence-corrected chi connectivity index (χ3v) is 6.41. The third kappa shape index (κ3) is 6.69. The van der Waals surface area contributed by atoms with Crippen LogP contribution in [0.1, 0.15) is 23.3 Å². The van der Waals surface area contributed by atoms with Gasteiger partial charge >= 0.3 is 6.18 Å². The molecule has 0 aliphatic carbocycles. The first-order chi connectivity index (χ1) is 14.7. The Morgan fingerprint density at radius 3 is 2.55 bits per heavy atom. The number of halogens is 4. The number of carbonyl (C=O) groups is 2. The maximum Gasteiger partial charge on any atom is 0.418 e. The lowest BCUT2D eigenvalue weighted by atomic mass is 9.96. The highest BCUT2D eigenvalue weighted by atomic mass is 35.5. The monoisotopic (exact) mass is 473 g/mol. The lowest BCUT2D eigenvalue weighted by Crippen LogP contribution is -2.43. The van der Waals surface area contributed by atoms with Crippen LogP contribution in [0, 0.1) is 5.92 Å². The molecule has 1 aromatic carbocycles. The van der Waals surface area contributed by atoms with Crippen molar-refractivity contribution in [2.24, 2.45) is 5.92 Å². The first-order valence-corrected chi connectivity index (χ1v) is 11.2. The smallest absolute Gasteiger partial charge is 0.355 e. The van der Waals surface area contributed by atoms with Gasteiger partial charge in [0.25, 0.3) is 0 Å². The van der Waals surface area contributed by atoms with Gasteiger partial charge < -0.3 is 10.6 Å². The molecule has 5 nitrogen and oxygen atoms in total. The first-order valence-electron chi connectivity index (χ1n) is 9.92. The van der Waals surface area contributed by atoms with E-state index in [9.17, 15) is 22.8 Å². The fourth-order valence-corrected chi connectivity index (χ4v) is 4.46. The second kappa shape index (κ2) is 10.5. The van der Waals surface area contributed by atoms with Crippen molar-refractivity contribution in [1.82, 2.24) is 10.2 Å². The van der Waals surface area contributed by atoms with Crippen LogP contribution in [-0.4, -0.2) is 42.9 Å². The Balaban J connectivity index is 1.45. The Labute approximate surface area is 187 Å². The van der Waals surface area contributed by atoms with Gasteiger partial charge in [0.15, 0.2) is 0 Å². The molecule has 1 aliphatic rings. The van der Waals surface area contributed by atoms with E-state index in [1.165, 1.54) is 17.0 Å². The summed E-state index contributed by atoms with van der Waals surface area (Å²) >= 11 is 7.53. The van der Waals surface area contributed by atoms with E-state index in [4.69, 9.17) is 11.6 Å². The van der Waals surface area contributed by atoms with Crippen molar-refractivity contribution in [2.45, 2.75) is 25.4 Å². The Morgan fingerprint density at radius 1 is 1.16 bits per heavy atom. The van der Waals surface area contributed by atoms with Gasteiger partial charge in [0.2, 0.25) is 11.8 Å². The lowest BCUT2D eigenvalue weighted by molar-refractivity contribution is -0.137. The van der Waals surface area contributed by atoms with Crippen molar-refractivity contribution < 1.29 is 22.8 Å². The number of rotatable bonds is 7. The van der Waals surface area contributed by atoms with Crippen LogP contribution >= 0.6 is 22.9 Å². The summed E-state index contributed by atoms with van der Waals surface area (Å²) < 4.78 is 39.5. The third-order valence-electron chi connectivity index (χ3n) is 5.16. The zero-order valence-electron chi connectivity index (χ0n) is 16.7.